The van der Waals surface area contributed by atoms with Crippen molar-refractivity contribution >= 4 is 0 Å². The maximum Gasteiger partial charge on any atom is 0.0616 e. The third-order valence-electron chi connectivity index (χ3n) is 4.01. The Balaban J connectivity index is 2.82. The molecule has 0 aromatic rings. The van der Waals surface area contributed by atoms with Crippen LogP contribution in [0.4, 0.5) is 0 Å². The number of hydrogen-bond donors (Lipinski definition) is 2. The van der Waals surface area contributed by atoms with Crippen LogP contribution in [0.15, 0.2) is 0 Å². The summed E-state index contributed by atoms with van der Waals surface area (Å²) in [6, 6.07) is 0. The van der Waals surface area contributed by atoms with Crippen LogP contribution in [0.3, 0.4) is 0 Å². The van der Waals surface area contributed by atoms with Crippen molar-refractivity contribution in [2.75, 3.05) is 13.2 Å². The van der Waals surface area contributed by atoms with Crippen molar-refractivity contribution in [1.29, 1.82) is 0 Å². The zero-order chi connectivity index (χ0) is 11.5. The Morgan fingerprint density at radius 1 is 1.40 bits per heavy atom. The van der Waals surface area contributed by atoms with Crippen molar-refractivity contribution in [3.05, 3.63) is 0 Å². The van der Waals surface area contributed by atoms with Crippen LogP contribution in [0.2, 0.25) is 0 Å². The van der Waals surface area contributed by atoms with Gasteiger partial charge in [0.1, 0.15) is 0 Å². The van der Waals surface area contributed by atoms with Crippen molar-refractivity contribution in [2.45, 2.75) is 52.5 Å². The van der Waals surface area contributed by atoms with Crippen LogP contribution in [0.25, 0.3) is 0 Å². The largest absolute Gasteiger partial charge is 0.394 e. The highest BCUT2D eigenvalue weighted by Crippen LogP contribution is 2.40. The molecule has 90 valence electrons. The molecule has 1 aliphatic rings. The van der Waals surface area contributed by atoms with E-state index in [0.717, 1.165) is 18.9 Å². The maximum absolute atomic E-state index is 9.75. The molecule has 1 rings (SSSR count). The molecule has 2 heteroatoms. The topological polar surface area (TPSA) is 32.3 Å². The fourth-order valence-corrected chi connectivity index (χ4v) is 3.38. The third-order valence-corrected chi connectivity index (χ3v) is 4.01. The Kier molecular flexibility index (Phi) is 4.60. The minimum absolute atomic E-state index is 0.0133. The average molecular weight is 213 g/mol. The number of aliphatic hydroxyl groups excluding tert-OH is 1. The smallest absolute Gasteiger partial charge is 0.0616 e. The van der Waals surface area contributed by atoms with E-state index in [9.17, 15) is 5.11 Å². The van der Waals surface area contributed by atoms with E-state index in [4.69, 9.17) is 0 Å². The lowest BCUT2D eigenvalue weighted by Gasteiger charge is -2.48. The molecule has 3 atom stereocenters. The third kappa shape index (κ3) is 2.73. The van der Waals surface area contributed by atoms with Crippen LogP contribution in [0.1, 0.15) is 47.0 Å². The Bertz CT molecular complexity index is 193. The molecule has 1 saturated carbocycles. The van der Waals surface area contributed by atoms with Crippen molar-refractivity contribution in [1.82, 2.24) is 5.32 Å². The quantitative estimate of drug-likeness (QED) is 0.751. The molecule has 0 aromatic heterocycles. The van der Waals surface area contributed by atoms with Gasteiger partial charge in [0.05, 0.1) is 6.61 Å². The average Bonchev–Trinajstić information content (AvgIpc) is 2.17. The van der Waals surface area contributed by atoms with Gasteiger partial charge in [-0.15, -0.1) is 0 Å². The van der Waals surface area contributed by atoms with Crippen molar-refractivity contribution in [3.8, 4) is 0 Å². The normalized spacial score (nSPS) is 37.2. The molecule has 0 aromatic carbocycles. The molecule has 1 aliphatic carbocycles. The van der Waals surface area contributed by atoms with E-state index in [-0.39, 0.29) is 12.1 Å². The fraction of sp³-hybridized carbons (Fsp3) is 1.00. The van der Waals surface area contributed by atoms with E-state index in [1.54, 1.807) is 0 Å². The summed E-state index contributed by atoms with van der Waals surface area (Å²) in [6.45, 7) is 10.2. The molecule has 15 heavy (non-hydrogen) atoms. The predicted octanol–water partition coefficient (Wildman–Crippen LogP) is 2.42. The Hall–Kier alpha value is -0.0800. The van der Waals surface area contributed by atoms with Gasteiger partial charge in [-0.1, -0.05) is 34.1 Å². The van der Waals surface area contributed by atoms with E-state index >= 15 is 0 Å². The van der Waals surface area contributed by atoms with Crippen molar-refractivity contribution in [3.63, 3.8) is 0 Å². The number of aliphatic hydroxyl groups is 1. The lowest BCUT2D eigenvalue weighted by Crippen LogP contribution is -2.58. The summed E-state index contributed by atoms with van der Waals surface area (Å²) in [5, 5.41) is 13.3. The molecular weight excluding hydrogens is 186 g/mol. The van der Waals surface area contributed by atoms with Gasteiger partial charge in [0.15, 0.2) is 0 Å². The molecule has 0 aliphatic heterocycles. The van der Waals surface area contributed by atoms with E-state index in [2.05, 4.69) is 33.0 Å². The number of nitrogens with one attached hydrogen (secondary N) is 1. The van der Waals surface area contributed by atoms with Gasteiger partial charge in [-0.3, -0.25) is 0 Å². The summed E-state index contributed by atoms with van der Waals surface area (Å²) in [7, 11) is 0. The van der Waals surface area contributed by atoms with Crippen molar-refractivity contribution in [2.24, 2.45) is 17.8 Å². The highest BCUT2D eigenvalue weighted by Gasteiger charge is 2.42. The van der Waals surface area contributed by atoms with E-state index in [1.807, 2.05) is 0 Å². The second-order valence-electron chi connectivity index (χ2n) is 5.58. The first kappa shape index (κ1) is 13.0. The minimum Gasteiger partial charge on any atom is -0.394 e. The molecule has 0 heterocycles. The maximum atomic E-state index is 9.75. The van der Waals surface area contributed by atoms with E-state index in [0.29, 0.717) is 11.8 Å². The van der Waals surface area contributed by atoms with Gasteiger partial charge in [0, 0.05) is 5.54 Å². The fourth-order valence-electron chi connectivity index (χ4n) is 3.38. The molecular formula is C13H27NO. The molecule has 0 radical (unpaired) electrons. The van der Waals surface area contributed by atoms with Crippen LogP contribution < -0.4 is 5.32 Å². The zero-order valence-corrected chi connectivity index (χ0v) is 10.7. The van der Waals surface area contributed by atoms with Gasteiger partial charge in [0.25, 0.3) is 0 Å². The SMILES string of the molecule is CCNC1(CO)CC(C)CCC1C(C)C. The van der Waals surface area contributed by atoms with Gasteiger partial charge in [-0.2, -0.15) is 0 Å². The Labute approximate surface area is 94.5 Å². The molecule has 1 fully saturated rings. The summed E-state index contributed by atoms with van der Waals surface area (Å²) >= 11 is 0. The van der Waals surface area contributed by atoms with Crippen LogP contribution in [-0.4, -0.2) is 23.8 Å². The van der Waals surface area contributed by atoms with Gasteiger partial charge < -0.3 is 10.4 Å². The lowest BCUT2D eigenvalue weighted by atomic mass is 9.65. The van der Waals surface area contributed by atoms with Gasteiger partial charge in [-0.05, 0) is 37.1 Å². The standard InChI is InChI=1S/C13H27NO/c1-5-14-13(9-15)8-11(4)6-7-12(13)10(2)3/h10-12,14-15H,5-9H2,1-4H3. The van der Waals surface area contributed by atoms with Gasteiger partial charge in [-0.25, -0.2) is 0 Å². The Morgan fingerprint density at radius 2 is 2.07 bits per heavy atom. The van der Waals surface area contributed by atoms with Crippen LogP contribution in [0.5, 0.6) is 0 Å². The monoisotopic (exact) mass is 213 g/mol. The summed E-state index contributed by atoms with van der Waals surface area (Å²) in [4.78, 5) is 0. The first-order valence-corrected chi connectivity index (χ1v) is 6.41. The molecule has 3 unspecified atom stereocenters. The number of likely N-dealkylation sites (N-methyl/N-ethyl adjacent to an activating group) is 1. The second-order valence-corrected chi connectivity index (χ2v) is 5.58. The molecule has 2 nitrogen and oxygen atoms in total. The lowest BCUT2D eigenvalue weighted by molar-refractivity contribution is 0.0249. The van der Waals surface area contributed by atoms with Crippen LogP contribution >= 0.6 is 0 Å². The minimum atomic E-state index is -0.0133. The summed E-state index contributed by atoms with van der Waals surface area (Å²) in [5.41, 5.74) is -0.0133. The van der Waals surface area contributed by atoms with Crippen LogP contribution in [0, 0.1) is 17.8 Å². The second kappa shape index (κ2) is 5.31. The summed E-state index contributed by atoms with van der Waals surface area (Å²) < 4.78 is 0. The number of rotatable bonds is 4. The molecule has 0 spiro atoms. The first-order chi connectivity index (χ1) is 7.05. The highest BCUT2D eigenvalue weighted by molar-refractivity contribution is 4.99. The van der Waals surface area contributed by atoms with E-state index < -0.39 is 0 Å². The van der Waals surface area contributed by atoms with E-state index in [1.165, 1.54) is 12.8 Å². The first-order valence-electron chi connectivity index (χ1n) is 6.41. The predicted molar refractivity (Wildman–Crippen MR) is 64.8 cm³/mol. The number of hydrogen-bond acceptors (Lipinski definition) is 2. The summed E-state index contributed by atoms with van der Waals surface area (Å²) in [5.74, 6) is 2.02. The van der Waals surface area contributed by atoms with Gasteiger partial charge in [0.2, 0.25) is 0 Å². The highest BCUT2D eigenvalue weighted by atomic mass is 16.3. The van der Waals surface area contributed by atoms with Gasteiger partial charge >= 0.3 is 0 Å². The summed E-state index contributed by atoms with van der Waals surface area (Å²) in [6.07, 6.45) is 3.70. The van der Waals surface area contributed by atoms with Crippen molar-refractivity contribution < 1.29 is 5.11 Å². The van der Waals surface area contributed by atoms with Crippen LogP contribution in [-0.2, 0) is 0 Å². The molecule has 0 bridgehead atoms. The molecule has 2 N–H and O–H groups in total. The molecule has 0 saturated heterocycles. The Morgan fingerprint density at radius 3 is 2.53 bits per heavy atom. The molecule has 0 amide bonds. The zero-order valence-electron chi connectivity index (χ0n) is 10.7.